The summed E-state index contributed by atoms with van der Waals surface area (Å²) in [6.07, 6.45) is 36.8. The van der Waals surface area contributed by atoms with E-state index in [2.05, 4.69) is 20.8 Å². The van der Waals surface area contributed by atoms with E-state index in [0.29, 0.717) is 19.3 Å². The second-order valence-corrected chi connectivity index (χ2v) is 14.3. The van der Waals surface area contributed by atoms with Gasteiger partial charge < -0.3 is 14.2 Å². The first-order valence-corrected chi connectivity index (χ1v) is 21.0. The first-order valence-electron chi connectivity index (χ1n) is 21.0. The molecule has 1 atom stereocenters. The molecule has 0 saturated carbocycles. The van der Waals surface area contributed by atoms with E-state index in [1.165, 1.54) is 128 Å². The minimum absolute atomic E-state index is 0.0642. The van der Waals surface area contributed by atoms with Crippen molar-refractivity contribution in [3.63, 3.8) is 0 Å². The highest BCUT2D eigenvalue weighted by Crippen LogP contribution is 2.15. The van der Waals surface area contributed by atoms with E-state index >= 15 is 0 Å². The van der Waals surface area contributed by atoms with E-state index in [9.17, 15) is 14.4 Å². The number of hydrogen-bond acceptors (Lipinski definition) is 6. The molecule has 0 saturated heterocycles. The quantitative estimate of drug-likeness (QED) is 0.0367. The third-order valence-electron chi connectivity index (χ3n) is 9.36. The Morgan fingerprint density at radius 3 is 0.833 bits per heavy atom. The highest BCUT2D eigenvalue weighted by Gasteiger charge is 2.19. The van der Waals surface area contributed by atoms with Gasteiger partial charge in [-0.05, 0) is 19.3 Å². The Kier molecular flexibility index (Phi) is 36.9. The monoisotopic (exact) mass is 681 g/mol. The maximum Gasteiger partial charge on any atom is 0.306 e. The third-order valence-corrected chi connectivity index (χ3v) is 9.36. The minimum atomic E-state index is -0.755. The van der Waals surface area contributed by atoms with Crippen LogP contribution in [-0.2, 0) is 28.6 Å². The zero-order chi connectivity index (χ0) is 35.2. The van der Waals surface area contributed by atoms with Crippen molar-refractivity contribution >= 4 is 17.9 Å². The molecule has 1 unspecified atom stereocenters. The van der Waals surface area contributed by atoms with Crippen molar-refractivity contribution in [2.75, 3.05) is 13.2 Å². The third kappa shape index (κ3) is 35.7. The van der Waals surface area contributed by atoms with Crippen LogP contribution < -0.4 is 0 Å². The SMILES string of the molecule is CCCCCCCCCCCCCCCC(=O)OCC(COC(=O)CCCCCCC)OC(=O)CCCCCCCCCCCCCC. The molecule has 0 amide bonds. The number of ether oxygens (including phenoxy) is 3. The van der Waals surface area contributed by atoms with Gasteiger partial charge in [0.2, 0.25) is 0 Å². The molecule has 48 heavy (non-hydrogen) atoms. The molecule has 6 nitrogen and oxygen atoms in total. The van der Waals surface area contributed by atoms with E-state index in [4.69, 9.17) is 14.2 Å². The Morgan fingerprint density at radius 1 is 0.333 bits per heavy atom. The molecular weight excluding hydrogens is 600 g/mol. The van der Waals surface area contributed by atoms with Crippen molar-refractivity contribution in [1.82, 2.24) is 0 Å². The number of carbonyl (C=O) groups excluding carboxylic acids is 3. The molecule has 0 bridgehead atoms. The second-order valence-electron chi connectivity index (χ2n) is 14.3. The molecule has 0 N–H and O–H groups in total. The van der Waals surface area contributed by atoms with Crippen molar-refractivity contribution in [2.24, 2.45) is 0 Å². The summed E-state index contributed by atoms with van der Waals surface area (Å²) < 4.78 is 16.6. The van der Waals surface area contributed by atoms with Crippen LogP contribution in [-0.4, -0.2) is 37.2 Å². The highest BCUT2D eigenvalue weighted by molar-refractivity contribution is 5.71. The minimum Gasteiger partial charge on any atom is -0.462 e. The van der Waals surface area contributed by atoms with Gasteiger partial charge in [0, 0.05) is 19.3 Å². The summed E-state index contributed by atoms with van der Waals surface area (Å²) in [5.74, 6) is -0.871. The maximum absolute atomic E-state index is 12.6. The average molecular weight is 681 g/mol. The molecule has 0 spiro atoms. The normalized spacial score (nSPS) is 11.8. The van der Waals surface area contributed by atoms with Gasteiger partial charge in [0.25, 0.3) is 0 Å². The van der Waals surface area contributed by atoms with Crippen LogP contribution in [0.3, 0.4) is 0 Å². The Balaban J connectivity index is 4.22. The molecule has 0 aromatic rings. The molecule has 0 heterocycles. The number of carbonyl (C=O) groups is 3. The lowest BCUT2D eigenvalue weighted by Gasteiger charge is -2.18. The Morgan fingerprint density at radius 2 is 0.562 bits per heavy atom. The number of esters is 3. The van der Waals surface area contributed by atoms with Crippen molar-refractivity contribution in [3.8, 4) is 0 Å². The molecule has 0 aromatic heterocycles. The van der Waals surface area contributed by atoms with Gasteiger partial charge in [-0.3, -0.25) is 14.4 Å². The predicted molar refractivity (Wildman–Crippen MR) is 201 cm³/mol. The Hall–Kier alpha value is -1.59. The molecule has 0 aliphatic carbocycles. The molecule has 6 heteroatoms. The highest BCUT2D eigenvalue weighted by atomic mass is 16.6. The summed E-state index contributed by atoms with van der Waals surface area (Å²) in [5.41, 5.74) is 0. The summed E-state index contributed by atoms with van der Waals surface area (Å²) >= 11 is 0. The van der Waals surface area contributed by atoms with Crippen LogP contribution in [0.4, 0.5) is 0 Å². The van der Waals surface area contributed by atoms with Crippen molar-refractivity contribution < 1.29 is 28.6 Å². The lowest BCUT2D eigenvalue weighted by atomic mass is 10.0. The average Bonchev–Trinajstić information content (AvgIpc) is 3.08. The van der Waals surface area contributed by atoms with Gasteiger partial charge in [-0.25, -0.2) is 0 Å². The van der Waals surface area contributed by atoms with Gasteiger partial charge in [-0.1, -0.05) is 194 Å². The summed E-state index contributed by atoms with van der Waals surface area (Å²) in [6.45, 7) is 6.55. The van der Waals surface area contributed by atoms with E-state index in [-0.39, 0.29) is 31.1 Å². The van der Waals surface area contributed by atoms with E-state index in [1.807, 2.05) is 0 Å². The van der Waals surface area contributed by atoms with Crippen LogP contribution in [0.2, 0.25) is 0 Å². The molecule has 0 fully saturated rings. The summed E-state index contributed by atoms with van der Waals surface area (Å²) in [5, 5.41) is 0. The first kappa shape index (κ1) is 46.4. The standard InChI is InChI=1S/C42H80O6/c1-4-7-10-13-15-17-19-21-23-24-26-29-32-35-41(44)47-38-39(37-46-40(43)34-31-28-12-9-6-3)48-42(45)36-33-30-27-25-22-20-18-16-14-11-8-5-2/h39H,4-38H2,1-3H3. The molecule has 0 aromatic carbocycles. The van der Waals surface area contributed by atoms with Gasteiger partial charge in [-0.2, -0.15) is 0 Å². The van der Waals surface area contributed by atoms with E-state index in [1.54, 1.807) is 0 Å². The van der Waals surface area contributed by atoms with Crippen molar-refractivity contribution in [3.05, 3.63) is 0 Å². The zero-order valence-corrected chi connectivity index (χ0v) is 32.3. The smallest absolute Gasteiger partial charge is 0.306 e. The van der Waals surface area contributed by atoms with Crippen LogP contribution >= 0.6 is 0 Å². The van der Waals surface area contributed by atoms with E-state index < -0.39 is 6.10 Å². The molecule has 0 aliphatic rings. The van der Waals surface area contributed by atoms with Crippen molar-refractivity contribution in [1.29, 1.82) is 0 Å². The lowest BCUT2D eigenvalue weighted by Crippen LogP contribution is -2.30. The Bertz CT molecular complexity index is 708. The van der Waals surface area contributed by atoms with Crippen LogP contribution in [0.25, 0.3) is 0 Å². The predicted octanol–water partition coefficient (Wildman–Crippen LogP) is 12.9. The molecule has 0 rings (SSSR count). The van der Waals surface area contributed by atoms with Crippen LogP contribution in [0, 0.1) is 0 Å². The summed E-state index contributed by atoms with van der Waals surface area (Å²) in [4.78, 5) is 37.3. The van der Waals surface area contributed by atoms with Crippen LogP contribution in [0.15, 0.2) is 0 Å². The van der Waals surface area contributed by atoms with Gasteiger partial charge in [0.1, 0.15) is 13.2 Å². The van der Waals surface area contributed by atoms with Crippen LogP contribution in [0.1, 0.15) is 233 Å². The van der Waals surface area contributed by atoms with Crippen LogP contribution in [0.5, 0.6) is 0 Å². The number of rotatable bonds is 38. The fraction of sp³-hybridized carbons (Fsp3) is 0.929. The summed E-state index contributed by atoms with van der Waals surface area (Å²) in [7, 11) is 0. The molecule has 0 aliphatic heterocycles. The molecular formula is C42H80O6. The Labute approximate surface area is 298 Å². The van der Waals surface area contributed by atoms with E-state index in [0.717, 1.165) is 64.2 Å². The summed E-state index contributed by atoms with van der Waals surface area (Å²) in [6, 6.07) is 0. The lowest BCUT2D eigenvalue weighted by molar-refractivity contribution is -0.167. The van der Waals surface area contributed by atoms with Gasteiger partial charge >= 0.3 is 17.9 Å². The number of unbranched alkanes of at least 4 members (excludes halogenated alkanes) is 27. The number of hydrogen-bond donors (Lipinski definition) is 0. The largest absolute Gasteiger partial charge is 0.462 e. The van der Waals surface area contributed by atoms with Gasteiger partial charge in [-0.15, -0.1) is 0 Å². The zero-order valence-electron chi connectivity index (χ0n) is 32.3. The molecule has 284 valence electrons. The van der Waals surface area contributed by atoms with Crippen molar-refractivity contribution in [2.45, 2.75) is 239 Å². The maximum atomic E-state index is 12.6. The second kappa shape index (κ2) is 38.2. The topological polar surface area (TPSA) is 78.9 Å². The molecule has 0 radical (unpaired) electrons. The van der Waals surface area contributed by atoms with Gasteiger partial charge in [0.05, 0.1) is 0 Å². The fourth-order valence-corrected chi connectivity index (χ4v) is 6.15. The first-order chi connectivity index (χ1) is 23.5. The fourth-order valence-electron chi connectivity index (χ4n) is 6.15. The van der Waals surface area contributed by atoms with Gasteiger partial charge in [0.15, 0.2) is 6.10 Å².